The molecule has 0 aliphatic heterocycles. The van der Waals surface area contributed by atoms with Crippen molar-refractivity contribution >= 4 is 31.4 Å². The molecular weight excluding hydrogens is 444 g/mol. The van der Waals surface area contributed by atoms with E-state index in [1.54, 1.807) is 56.3 Å². The van der Waals surface area contributed by atoms with Gasteiger partial charge in [-0.15, -0.1) is 0 Å². The van der Waals surface area contributed by atoms with Crippen molar-refractivity contribution < 1.29 is 16.8 Å². The molecule has 3 aromatic carbocycles. The molecule has 0 aliphatic rings. The molecular formula is C24H28N2O4S2. The highest BCUT2D eigenvalue weighted by Gasteiger charge is 2.28. The Morgan fingerprint density at radius 2 is 1.16 bits per heavy atom. The summed E-state index contributed by atoms with van der Waals surface area (Å²) in [6.45, 7) is 7.21. The summed E-state index contributed by atoms with van der Waals surface area (Å²) in [7, 11) is -4.84. The fourth-order valence-corrected chi connectivity index (χ4v) is 6.37. The third-order valence-corrected chi connectivity index (χ3v) is 9.30. The standard InChI is InChI=1S/C24H28N2O4S2/c1-17-11-13-21(14-12-17)31(27,28)26(6)23-16-24(20(4)15-19(23)3)32(29,30)25(5)22-10-8-7-9-18(22)2/h7-16H,1-6H3. The first kappa shape index (κ1) is 23.8. The van der Waals surface area contributed by atoms with E-state index in [4.69, 9.17) is 0 Å². The number of hydrogen-bond donors (Lipinski definition) is 0. The monoisotopic (exact) mass is 472 g/mol. The Labute approximate surface area is 191 Å². The van der Waals surface area contributed by atoms with E-state index in [-0.39, 0.29) is 9.79 Å². The number of benzene rings is 3. The first-order valence-electron chi connectivity index (χ1n) is 10.1. The fourth-order valence-electron chi connectivity index (χ4n) is 3.63. The van der Waals surface area contributed by atoms with Crippen LogP contribution >= 0.6 is 0 Å². The molecule has 0 bridgehead atoms. The molecule has 0 aromatic heterocycles. The molecule has 6 nitrogen and oxygen atoms in total. The number of rotatable bonds is 6. The predicted octanol–water partition coefficient (Wildman–Crippen LogP) is 4.57. The lowest BCUT2D eigenvalue weighted by atomic mass is 10.1. The Kier molecular flexibility index (Phi) is 6.40. The van der Waals surface area contributed by atoms with Gasteiger partial charge >= 0.3 is 0 Å². The lowest BCUT2D eigenvalue weighted by molar-refractivity contribution is 0.591. The number of hydrogen-bond acceptors (Lipinski definition) is 4. The molecule has 0 spiro atoms. The molecule has 32 heavy (non-hydrogen) atoms. The van der Waals surface area contributed by atoms with E-state index >= 15 is 0 Å². The first-order chi connectivity index (χ1) is 14.9. The third kappa shape index (κ3) is 4.25. The van der Waals surface area contributed by atoms with Gasteiger partial charge in [-0.1, -0.05) is 42.0 Å². The molecule has 0 amide bonds. The molecule has 8 heteroatoms. The first-order valence-corrected chi connectivity index (χ1v) is 13.0. The molecule has 0 N–H and O–H groups in total. The largest absolute Gasteiger partial charge is 0.269 e. The van der Waals surface area contributed by atoms with E-state index in [0.29, 0.717) is 22.5 Å². The van der Waals surface area contributed by atoms with Gasteiger partial charge in [0.1, 0.15) is 0 Å². The highest BCUT2D eigenvalue weighted by molar-refractivity contribution is 7.93. The Bertz CT molecular complexity index is 1360. The summed E-state index contributed by atoms with van der Waals surface area (Å²) in [5, 5.41) is 0. The maximum atomic E-state index is 13.5. The fraction of sp³-hybridized carbons (Fsp3) is 0.250. The van der Waals surface area contributed by atoms with Gasteiger partial charge in [-0.05, 0) is 68.7 Å². The summed E-state index contributed by atoms with van der Waals surface area (Å²) >= 11 is 0. The highest BCUT2D eigenvalue weighted by Crippen LogP contribution is 2.33. The van der Waals surface area contributed by atoms with E-state index in [1.165, 1.54) is 24.5 Å². The van der Waals surface area contributed by atoms with Gasteiger partial charge in [0, 0.05) is 14.1 Å². The van der Waals surface area contributed by atoms with Gasteiger partial charge in [-0.2, -0.15) is 0 Å². The lowest BCUT2D eigenvalue weighted by Gasteiger charge is -2.26. The molecule has 0 saturated carbocycles. The highest BCUT2D eigenvalue weighted by atomic mass is 32.2. The van der Waals surface area contributed by atoms with Crippen LogP contribution in [0.3, 0.4) is 0 Å². The van der Waals surface area contributed by atoms with Crippen LogP contribution in [0, 0.1) is 27.7 Å². The van der Waals surface area contributed by atoms with Crippen LogP contribution in [-0.4, -0.2) is 30.9 Å². The molecule has 0 atom stereocenters. The van der Waals surface area contributed by atoms with Gasteiger partial charge in [-0.3, -0.25) is 8.61 Å². The van der Waals surface area contributed by atoms with Gasteiger partial charge in [0.05, 0.1) is 21.2 Å². The molecule has 3 aromatic rings. The van der Waals surface area contributed by atoms with E-state index < -0.39 is 20.0 Å². The maximum Gasteiger partial charge on any atom is 0.264 e. The van der Waals surface area contributed by atoms with Crippen LogP contribution in [0.25, 0.3) is 0 Å². The minimum Gasteiger partial charge on any atom is -0.269 e. The normalized spacial score (nSPS) is 11.9. The van der Waals surface area contributed by atoms with Crippen molar-refractivity contribution in [3.63, 3.8) is 0 Å². The SMILES string of the molecule is Cc1ccc(S(=O)(=O)N(C)c2cc(S(=O)(=O)N(C)c3ccccc3C)c(C)cc2C)cc1. The van der Waals surface area contributed by atoms with Crippen LogP contribution < -0.4 is 8.61 Å². The molecule has 170 valence electrons. The Hall–Kier alpha value is -2.84. The van der Waals surface area contributed by atoms with Crippen LogP contribution in [0.15, 0.2) is 70.5 Å². The molecule has 0 fully saturated rings. The van der Waals surface area contributed by atoms with Crippen molar-refractivity contribution in [2.45, 2.75) is 37.5 Å². The molecule has 0 saturated heterocycles. The van der Waals surface area contributed by atoms with Crippen molar-refractivity contribution in [2.75, 3.05) is 22.7 Å². The van der Waals surface area contributed by atoms with Crippen LogP contribution in [0.4, 0.5) is 11.4 Å². The molecule has 3 rings (SSSR count). The summed E-state index contributed by atoms with van der Waals surface area (Å²) in [6, 6.07) is 16.9. The summed E-state index contributed by atoms with van der Waals surface area (Å²) < 4.78 is 55.8. The minimum atomic E-state index is -3.92. The van der Waals surface area contributed by atoms with Crippen LogP contribution in [0.1, 0.15) is 22.3 Å². The molecule has 0 unspecified atom stereocenters. The average molecular weight is 473 g/mol. The van der Waals surface area contributed by atoms with E-state index in [9.17, 15) is 16.8 Å². The summed E-state index contributed by atoms with van der Waals surface area (Å²) in [5.41, 5.74) is 3.86. The van der Waals surface area contributed by atoms with E-state index in [2.05, 4.69) is 0 Å². The maximum absolute atomic E-state index is 13.5. The predicted molar refractivity (Wildman–Crippen MR) is 129 cm³/mol. The van der Waals surface area contributed by atoms with Crippen molar-refractivity contribution in [2.24, 2.45) is 0 Å². The number of anilines is 2. The van der Waals surface area contributed by atoms with Crippen LogP contribution in [0.2, 0.25) is 0 Å². The summed E-state index contributed by atoms with van der Waals surface area (Å²) in [6.07, 6.45) is 0. The zero-order valence-electron chi connectivity index (χ0n) is 19.1. The van der Waals surface area contributed by atoms with Gasteiger partial charge in [0.2, 0.25) is 0 Å². The van der Waals surface area contributed by atoms with Crippen LogP contribution in [-0.2, 0) is 20.0 Å². The number of nitrogens with zero attached hydrogens (tertiary/aromatic N) is 2. The lowest BCUT2D eigenvalue weighted by Crippen LogP contribution is -2.30. The average Bonchev–Trinajstić information content (AvgIpc) is 2.73. The molecule has 0 radical (unpaired) electrons. The zero-order chi connectivity index (χ0) is 23.8. The quantitative estimate of drug-likeness (QED) is 0.527. The van der Waals surface area contributed by atoms with Crippen molar-refractivity contribution in [1.82, 2.24) is 0 Å². The Balaban J connectivity index is 2.11. The van der Waals surface area contributed by atoms with Crippen LogP contribution in [0.5, 0.6) is 0 Å². The van der Waals surface area contributed by atoms with Gasteiger partial charge in [0.15, 0.2) is 0 Å². The Morgan fingerprint density at radius 3 is 1.75 bits per heavy atom. The van der Waals surface area contributed by atoms with E-state index in [0.717, 1.165) is 15.4 Å². The van der Waals surface area contributed by atoms with E-state index in [1.807, 2.05) is 26.0 Å². The zero-order valence-corrected chi connectivity index (χ0v) is 20.8. The second kappa shape index (κ2) is 8.60. The third-order valence-electron chi connectivity index (χ3n) is 5.61. The van der Waals surface area contributed by atoms with Crippen molar-refractivity contribution in [1.29, 1.82) is 0 Å². The van der Waals surface area contributed by atoms with Gasteiger partial charge < -0.3 is 0 Å². The number of sulfonamides is 2. The second-order valence-electron chi connectivity index (χ2n) is 7.95. The minimum absolute atomic E-state index is 0.0646. The molecule has 0 heterocycles. The summed E-state index contributed by atoms with van der Waals surface area (Å²) in [4.78, 5) is 0.210. The van der Waals surface area contributed by atoms with Gasteiger partial charge in [0.25, 0.3) is 20.0 Å². The second-order valence-corrected chi connectivity index (χ2v) is 11.9. The number of para-hydroxylation sites is 1. The topological polar surface area (TPSA) is 74.8 Å². The number of aryl methyl sites for hydroxylation is 4. The molecule has 0 aliphatic carbocycles. The summed E-state index contributed by atoms with van der Waals surface area (Å²) in [5.74, 6) is 0. The van der Waals surface area contributed by atoms with Crippen molar-refractivity contribution in [3.8, 4) is 0 Å². The smallest absolute Gasteiger partial charge is 0.264 e. The van der Waals surface area contributed by atoms with Crippen molar-refractivity contribution in [3.05, 3.63) is 82.9 Å². The van der Waals surface area contributed by atoms with Gasteiger partial charge in [-0.25, -0.2) is 16.8 Å². The Morgan fingerprint density at radius 1 is 0.594 bits per heavy atom.